The molecule has 0 fully saturated rings. The third-order valence-electron chi connectivity index (χ3n) is 10.7. The number of hydrogen-bond acceptors (Lipinski definition) is 2. The Morgan fingerprint density at radius 2 is 1.04 bits per heavy atom. The second kappa shape index (κ2) is 12.6. The third-order valence-corrected chi connectivity index (χ3v) is 10.7. The highest BCUT2D eigenvalue weighted by molar-refractivity contribution is 6.19. The van der Waals surface area contributed by atoms with Crippen molar-refractivity contribution < 1.29 is 11.3 Å². The van der Waals surface area contributed by atoms with Gasteiger partial charge in [0, 0.05) is 49.7 Å². The van der Waals surface area contributed by atoms with Crippen LogP contribution in [0.2, 0.25) is 0 Å². The largest absolute Gasteiger partial charge is 0.456 e. The first-order chi connectivity index (χ1) is 29.3. The number of nitrogens with zero attached hydrogens (tertiary/aromatic N) is 2. The van der Waals surface area contributed by atoms with Crippen LogP contribution in [0.15, 0.2) is 211 Å². The van der Waals surface area contributed by atoms with Gasteiger partial charge in [-0.1, -0.05) is 139 Å². The molecule has 3 nitrogen and oxygen atoms in total. The van der Waals surface area contributed by atoms with E-state index in [-0.39, 0.29) is 29.7 Å². The van der Waals surface area contributed by atoms with Crippen molar-refractivity contribution in [3.8, 4) is 27.9 Å². The lowest BCUT2D eigenvalue weighted by atomic mass is 10.0. The maximum absolute atomic E-state index is 8.57. The zero-order valence-electron chi connectivity index (χ0n) is 34.5. The van der Waals surface area contributed by atoms with Gasteiger partial charge in [0.1, 0.15) is 11.2 Å². The maximum atomic E-state index is 8.57. The average Bonchev–Trinajstić information content (AvgIpc) is 3.84. The lowest BCUT2D eigenvalue weighted by Crippen LogP contribution is -2.09. The van der Waals surface area contributed by atoms with Gasteiger partial charge in [-0.3, -0.25) is 0 Å². The molecule has 0 bridgehead atoms. The van der Waals surface area contributed by atoms with Crippen molar-refractivity contribution in [3.63, 3.8) is 0 Å². The first-order valence-corrected chi connectivity index (χ1v) is 18.3. The van der Waals surface area contributed by atoms with Crippen molar-refractivity contribution in [2.24, 2.45) is 0 Å². The summed E-state index contributed by atoms with van der Waals surface area (Å²) in [6.45, 7) is 0. The topological polar surface area (TPSA) is 21.3 Å². The fourth-order valence-corrected chi connectivity index (χ4v) is 8.08. The van der Waals surface area contributed by atoms with Crippen molar-refractivity contribution in [1.82, 2.24) is 4.57 Å². The van der Waals surface area contributed by atoms with Crippen LogP contribution in [0.5, 0.6) is 0 Å². The van der Waals surface area contributed by atoms with E-state index in [1.807, 2.05) is 54.6 Å². The third kappa shape index (κ3) is 5.20. The molecule has 0 atom stereocenters. The van der Waals surface area contributed by atoms with E-state index in [1.165, 1.54) is 27.1 Å². The molecule has 9 aromatic carbocycles. The predicted molar refractivity (Wildman–Crippen MR) is 231 cm³/mol. The lowest BCUT2D eigenvalue weighted by molar-refractivity contribution is 0.669. The zero-order chi connectivity index (χ0) is 40.6. The molecule has 2 aromatic heterocycles. The molecule has 55 heavy (non-hydrogen) atoms. The van der Waals surface area contributed by atoms with Crippen LogP contribution in [0.25, 0.3) is 82.5 Å². The number of furan rings is 1. The highest BCUT2D eigenvalue weighted by Gasteiger charge is 2.18. The monoisotopic (exact) mass is 707 g/mol. The Kier molecular flexibility index (Phi) is 6.07. The van der Waals surface area contributed by atoms with Crippen LogP contribution in [0, 0.1) is 0 Å². The molecule has 0 spiro atoms. The molecule has 0 aliphatic rings. The quantitative estimate of drug-likeness (QED) is 0.172. The van der Waals surface area contributed by atoms with Gasteiger partial charge in [-0.15, -0.1) is 0 Å². The van der Waals surface area contributed by atoms with Crippen LogP contribution in [0.1, 0.15) is 6.85 Å². The van der Waals surface area contributed by atoms with Gasteiger partial charge in [0.05, 0.1) is 17.9 Å². The fraction of sp³-hybridized carbons (Fsp3) is 0. The molecular weight excluding hydrogens is 669 g/mol. The highest BCUT2D eigenvalue weighted by Crippen LogP contribution is 2.42. The zero-order valence-corrected chi connectivity index (χ0v) is 29.5. The summed E-state index contributed by atoms with van der Waals surface area (Å²) in [7, 11) is 0. The Morgan fingerprint density at radius 1 is 0.418 bits per heavy atom. The molecule has 3 heteroatoms. The number of anilines is 3. The number of hydrogen-bond donors (Lipinski definition) is 0. The van der Waals surface area contributed by atoms with Crippen LogP contribution in [0.3, 0.4) is 0 Å². The number of fused-ring (bicyclic) bond motifs is 8. The first kappa shape index (κ1) is 26.4. The molecular formula is C52H34N2O. The summed E-state index contributed by atoms with van der Waals surface area (Å²) < 4.78 is 50.2. The predicted octanol–water partition coefficient (Wildman–Crippen LogP) is 14.6. The molecule has 258 valence electrons. The van der Waals surface area contributed by atoms with Crippen LogP contribution < -0.4 is 4.90 Å². The Morgan fingerprint density at radius 3 is 1.82 bits per heavy atom. The van der Waals surface area contributed by atoms with Gasteiger partial charge in [-0.05, 0) is 94.4 Å². The van der Waals surface area contributed by atoms with E-state index < -0.39 is 6.04 Å². The van der Waals surface area contributed by atoms with Gasteiger partial charge in [0.2, 0.25) is 0 Å². The van der Waals surface area contributed by atoms with Gasteiger partial charge in [-0.25, -0.2) is 0 Å². The molecule has 0 N–H and O–H groups in total. The summed E-state index contributed by atoms with van der Waals surface area (Å²) in [6.07, 6.45) is 0. The van der Waals surface area contributed by atoms with E-state index in [0.29, 0.717) is 5.56 Å². The van der Waals surface area contributed by atoms with Gasteiger partial charge in [-0.2, -0.15) is 0 Å². The number of rotatable bonds is 6. The van der Waals surface area contributed by atoms with Gasteiger partial charge >= 0.3 is 0 Å². The van der Waals surface area contributed by atoms with E-state index in [0.717, 1.165) is 61.3 Å². The van der Waals surface area contributed by atoms with Crippen molar-refractivity contribution in [3.05, 3.63) is 206 Å². The Bertz CT molecular complexity index is 3450. The SMILES string of the molecule is [2H]c1c([2H])c([2H])c(-c2ccc(N(c3ccc(-c4ccc5c6ccc7ccccc7c6n(-c6ccccc6)c5c4)cc3)c3ccc4oc5ccccc5c4c3)cc2)c([2H])c1[2H]. The summed E-state index contributed by atoms with van der Waals surface area (Å²) >= 11 is 0. The minimum absolute atomic E-state index is 0.172. The number of para-hydroxylation sites is 2. The van der Waals surface area contributed by atoms with Crippen molar-refractivity contribution in [2.45, 2.75) is 0 Å². The second-order valence-corrected chi connectivity index (χ2v) is 13.8. The van der Waals surface area contributed by atoms with Gasteiger partial charge in [0.25, 0.3) is 0 Å². The molecule has 0 saturated carbocycles. The molecule has 2 heterocycles. The summed E-state index contributed by atoms with van der Waals surface area (Å²) in [5.41, 5.74) is 10.6. The van der Waals surface area contributed by atoms with E-state index in [9.17, 15) is 0 Å². The van der Waals surface area contributed by atoms with E-state index in [2.05, 4.69) is 131 Å². The first-order valence-electron chi connectivity index (χ1n) is 20.8. The summed E-state index contributed by atoms with van der Waals surface area (Å²) in [4.78, 5) is 2.16. The molecule has 0 unspecified atom stereocenters. The maximum Gasteiger partial charge on any atom is 0.135 e. The summed E-state index contributed by atoms with van der Waals surface area (Å²) in [5.74, 6) is 0. The van der Waals surface area contributed by atoms with Crippen molar-refractivity contribution >= 4 is 71.6 Å². The minimum Gasteiger partial charge on any atom is -0.456 e. The molecule has 0 saturated heterocycles. The molecule has 11 rings (SSSR count). The van der Waals surface area contributed by atoms with Crippen molar-refractivity contribution in [1.29, 1.82) is 0 Å². The van der Waals surface area contributed by atoms with Crippen LogP contribution in [-0.2, 0) is 0 Å². The highest BCUT2D eigenvalue weighted by atomic mass is 16.3. The minimum atomic E-state index is -0.408. The Hall–Kier alpha value is -7.36. The van der Waals surface area contributed by atoms with E-state index in [1.54, 1.807) is 0 Å². The number of aromatic nitrogens is 1. The lowest BCUT2D eigenvalue weighted by Gasteiger charge is -2.26. The van der Waals surface area contributed by atoms with Crippen LogP contribution >= 0.6 is 0 Å². The number of benzene rings is 9. The summed E-state index contributed by atoms with van der Waals surface area (Å²) in [5, 5.41) is 6.84. The van der Waals surface area contributed by atoms with E-state index >= 15 is 0 Å². The van der Waals surface area contributed by atoms with Gasteiger partial charge in [0.15, 0.2) is 0 Å². The molecule has 0 aliphatic heterocycles. The molecule has 0 radical (unpaired) electrons. The molecule has 11 aromatic rings. The Balaban J connectivity index is 1.04. The molecule has 0 aliphatic carbocycles. The van der Waals surface area contributed by atoms with Gasteiger partial charge < -0.3 is 13.9 Å². The smallest absolute Gasteiger partial charge is 0.135 e. The fourth-order valence-electron chi connectivity index (χ4n) is 8.08. The van der Waals surface area contributed by atoms with Crippen LogP contribution in [0.4, 0.5) is 17.1 Å². The Labute approximate surface area is 325 Å². The molecule has 0 amide bonds. The average molecular weight is 708 g/mol. The van der Waals surface area contributed by atoms with Crippen molar-refractivity contribution in [2.75, 3.05) is 4.90 Å². The van der Waals surface area contributed by atoms with Crippen LogP contribution in [-0.4, -0.2) is 4.57 Å². The second-order valence-electron chi connectivity index (χ2n) is 13.8. The standard InChI is InChI=1S/C52H34N2O/c1-3-11-35(12-4-1)36-19-25-41(26-20-36)53(43-29-32-51-48(34-43)46-17-9-10-18-50(46)55-51)42-27-21-37(22-28-42)39-24-30-45-47-31-23-38-13-7-8-16-44(38)52(47)54(49(45)33-39)40-14-5-2-6-15-40/h1-34H/i1D,3D,4D,11D,12D. The van der Waals surface area contributed by atoms with E-state index in [4.69, 9.17) is 11.3 Å². The normalized spacial score (nSPS) is 12.9. The summed E-state index contributed by atoms with van der Waals surface area (Å²) in [6, 6.07) is 59.0.